The number of hydrogen-bond acceptors (Lipinski definition) is 5. The first-order chi connectivity index (χ1) is 7.06. The fourth-order valence-electron chi connectivity index (χ4n) is 1.56. The fourth-order valence-corrected chi connectivity index (χ4v) is 2.84. The Hall–Kier alpha value is -0.260. The molecule has 2 atom stereocenters. The van der Waals surface area contributed by atoms with Crippen molar-refractivity contribution in [1.29, 1.82) is 0 Å². The minimum atomic E-state index is -1.42. The van der Waals surface area contributed by atoms with E-state index >= 15 is 0 Å². The number of carbonyl (C=O) groups excluding carboxylic acids is 1. The van der Waals surface area contributed by atoms with Gasteiger partial charge in [0, 0.05) is 6.54 Å². The minimum Gasteiger partial charge on any atom is -0.467 e. The summed E-state index contributed by atoms with van der Waals surface area (Å²) in [7, 11) is 1.28. The summed E-state index contributed by atoms with van der Waals surface area (Å²) in [6.07, 6.45) is 1.22. The largest absolute Gasteiger partial charge is 0.467 e. The van der Waals surface area contributed by atoms with Gasteiger partial charge >= 0.3 is 5.97 Å². The first kappa shape index (κ1) is 12.8. The van der Waals surface area contributed by atoms with Crippen LogP contribution in [0.1, 0.15) is 13.3 Å². The first-order valence-electron chi connectivity index (χ1n) is 5.15. The van der Waals surface area contributed by atoms with Gasteiger partial charge in [0.25, 0.3) is 0 Å². The van der Waals surface area contributed by atoms with Crippen LogP contribution in [0.2, 0.25) is 0 Å². The van der Waals surface area contributed by atoms with Crippen molar-refractivity contribution in [2.75, 3.05) is 31.7 Å². The second kappa shape index (κ2) is 5.72. The molecule has 0 aromatic heterocycles. The van der Waals surface area contributed by atoms with Gasteiger partial charge in [-0.25, -0.2) is 4.79 Å². The van der Waals surface area contributed by atoms with E-state index in [1.165, 1.54) is 32.0 Å². The third-order valence-corrected chi connectivity index (χ3v) is 3.78. The Morgan fingerprint density at radius 3 is 3.00 bits per heavy atom. The summed E-state index contributed by atoms with van der Waals surface area (Å²) in [5.74, 6) is 2.48. The molecule has 1 aliphatic rings. The van der Waals surface area contributed by atoms with Crippen molar-refractivity contribution < 1.29 is 14.6 Å². The minimum absolute atomic E-state index is 0.251. The van der Waals surface area contributed by atoms with Gasteiger partial charge in [-0.3, -0.25) is 0 Å². The standard InChI is InChI=1S/C10H19NO3S/c1-10(13,9(12)14-2)7-11-5-8-3-4-15-6-8/h8,11,13H,3-7H2,1-2H3. The van der Waals surface area contributed by atoms with Crippen LogP contribution in [0.5, 0.6) is 0 Å². The van der Waals surface area contributed by atoms with Crippen LogP contribution in [0.3, 0.4) is 0 Å². The molecule has 0 spiro atoms. The predicted octanol–water partition coefficient (Wildman–Crippen LogP) is 0.253. The summed E-state index contributed by atoms with van der Waals surface area (Å²) in [6, 6.07) is 0. The van der Waals surface area contributed by atoms with Crippen molar-refractivity contribution >= 4 is 17.7 Å². The van der Waals surface area contributed by atoms with E-state index in [4.69, 9.17) is 0 Å². The molecule has 0 aromatic rings. The van der Waals surface area contributed by atoms with Gasteiger partial charge in [-0.2, -0.15) is 11.8 Å². The number of methoxy groups -OCH3 is 1. The lowest BCUT2D eigenvalue weighted by atomic mass is 10.1. The van der Waals surface area contributed by atoms with Gasteiger partial charge < -0.3 is 15.2 Å². The van der Waals surface area contributed by atoms with Crippen LogP contribution >= 0.6 is 11.8 Å². The molecule has 1 saturated heterocycles. The number of esters is 1. The average molecular weight is 233 g/mol. The highest BCUT2D eigenvalue weighted by atomic mass is 32.2. The highest BCUT2D eigenvalue weighted by Crippen LogP contribution is 2.22. The molecule has 2 N–H and O–H groups in total. The fraction of sp³-hybridized carbons (Fsp3) is 0.900. The highest BCUT2D eigenvalue weighted by molar-refractivity contribution is 7.99. The van der Waals surface area contributed by atoms with Crippen molar-refractivity contribution in [2.45, 2.75) is 18.9 Å². The lowest BCUT2D eigenvalue weighted by Crippen LogP contribution is -2.46. The van der Waals surface area contributed by atoms with Crippen molar-refractivity contribution in [3.63, 3.8) is 0 Å². The zero-order valence-corrected chi connectivity index (χ0v) is 10.1. The van der Waals surface area contributed by atoms with Gasteiger partial charge in [0.15, 0.2) is 5.60 Å². The lowest BCUT2D eigenvalue weighted by molar-refractivity contribution is -0.159. The van der Waals surface area contributed by atoms with Gasteiger partial charge in [-0.05, 0) is 37.3 Å². The summed E-state index contributed by atoms with van der Waals surface area (Å²) in [5.41, 5.74) is -1.42. The first-order valence-corrected chi connectivity index (χ1v) is 6.31. The Morgan fingerprint density at radius 1 is 1.73 bits per heavy atom. The Kier molecular flexibility index (Phi) is 4.89. The van der Waals surface area contributed by atoms with Crippen LogP contribution in [-0.2, 0) is 9.53 Å². The van der Waals surface area contributed by atoms with Crippen LogP contribution in [0.15, 0.2) is 0 Å². The molecule has 0 bridgehead atoms. The SMILES string of the molecule is COC(=O)C(C)(O)CNCC1CCSC1. The monoisotopic (exact) mass is 233 g/mol. The van der Waals surface area contributed by atoms with Crippen LogP contribution in [0.25, 0.3) is 0 Å². The lowest BCUT2D eigenvalue weighted by Gasteiger charge is -2.21. The molecular weight excluding hydrogens is 214 g/mol. The zero-order chi connectivity index (χ0) is 11.3. The Labute approximate surface area is 94.8 Å². The predicted molar refractivity (Wildman–Crippen MR) is 60.9 cm³/mol. The third kappa shape index (κ3) is 4.01. The van der Waals surface area contributed by atoms with Gasteiger partial charge in [0.2, 0.25) is 0 Å². The molecular formula is C10H19NO3S. The summed E-state index contributed by atoms with van der Waals surface area (Å²) in [5, 5.41) is 12.8. The molecule has 1 fully saturated rings. The molecule has 4 nitrogen and oxygen atoms in total. The normalized spacial score (nSPS) is 24.9. The van der Waals surface area contributed by atoms with E-state index in [0.29, 0.717) is 5.92 Å². The van der Waals surface area contributed by atoms with Crippen LogP contribution in [0.4, 0.5) is 0 Å². The van der Waals surface area contributed by atoms with Crippen LogP contribution in [-0.4, -0.2) is 48.4 Å². The molecule has 88 valence electrons. The summed E-state index contributed by atoms with van der Waals surface area (Å²) < 4.78 is 4.50. The molecule has 2 unspecified atom stereocenters. The summed E-state index contributed by atoms with van der Waals surface area (Å²) >= 11 is 1.96. The second-order valence-corrected chi connectivity index (χ2v) is 5.28. The van der Waals surface area contributed by atoms with E-state index in [1.807, 2.05) is 11.8 Å². The molecule has 1 aliphatic heterocycles. The number of carbonyl (C=O) groups is 1. The molecule has 5 heteroatoms. The maximum Gasteiger partial charge on any atom is 0.338 e. The van der Waals surface area contributed by atoms with Gasteiger partial charge in [0.05, 0.1) is 7.11 Å². The van der Waals surface area contributed by atoms with E-state index in [-0.39, 0.29) is 6.54 Å². The number of hydrogen-bond donors (Lipinski definition) is 2. The molecule has 0 aromatic carbocycles. The molecule has 1 heterocycles. The van der Waals surface area contributed by atoms with Crippen LogP contribution in [0, 0.1) is 5.92 Å². The van der Waals surface area contributed by atoms with Gasteiger partial charge in [0.1, 0.15) is 0 Å². The summed E-state index contributed by atoms with van der Waals surface area (Å²) in [6.45, 7) is 2.58. The number of rotatable bonds is 5. The maximum absolute atomic E-state index is 11.1. The number of aliphatic hydroxyl groups is 1. The smallest absolute Gasteiger partial charge is 0.338 e. The molecule has 0 radical (unpaired) electrons. The summed E-state index contributed by atoms with van der Waals surface area (Å²) in [4.78, 5) is 11.1. The highest BCUT2D eigenvalue weighted by Gasteiger charge is 2.31. The van der Waals surface area contributed by atoms with Crippen LogP contribution < -0.4 is 5.32 Å². The molecule has 0 saturated carbocycles. The molecule has 0 amide bonds. The number of nitrogens with one attached hydrogen (secondary N) is 1. The molecule has 1 rings (SSSR count). The average Bonchev–Trinajstić information content (AvgIpc) is 2.69. The van der Waals surface area contributed by atoms with E-state index in [1.54, 1.807) is 0 Å². The maximum atomic E-state index is 11.1. The third-order valence-electron chi connectivity index (χ3n) is 2.55. The van der Waals surface area contributed by atoms with E-state index in [9.17, 15) is 9.90 Å². The van der Waals surface area contributed by atoms with Gasteiger partial charge in [-0.15, -0.1) is 0 Å². The van der Waals surface area contributed by atoms with E-state index < -0.39 is 11.6 Å². The number of thioether (sulfide) groups is 1. The van der Waals surface area contributed by atoms with Crippen molar-refractivity contribution in [3.05, 3.63) is 0 Å². The van der Waals surface area contributed by atoms with Crippen molar-refractivity contribution in [1.82, 2.24) is 5.32 Å². The van der Waals surface area contributed by atoms with E-state index in [0.717, 1.165) is 6.54 Å². The second-order valence-electron chi connectivity index (χ2n) is 4.13. The molecule has 15 heavy (non-hydrogen) atoms. The number of ether oxygens (including phenoxy) is 1. The van der Waals surface area contributed by atoms with E-state index in [2.05, 4.69) is 10.1 Å². The van der Waals surface area contributed by atoms with Gasteiger partial charge in [-0.1, -0.05) is 0 Å². The molecule has 0 aliphatic carbocycles. The quantitative estimate of drug-likeness (QED) is 0.667. The van der Waals surface area contributed by atoms with Crippen molar-refractivity contribution in [2.24, 2.45) is 5.92 Å². The Balaban J connectivity index is 2.20. The Bertz CT molecular complexity index is 215. The van der Waals surface area contributed by atoms with Crippen molar-refractivity contribution in [3.8, 4) is 0 Å². The Morgan fingerprint density at radius 2 is 2.47 bits per heavy atom. The zero-order valence-electron chi connectivity index (χ0n) is 9.28. The topological polar surface area (TPSA) is 58.6 Å².